The SMILES string of the molecule is CC(=O)C(C=Nc1ccc(N)cc1)=C(C)O. The van der Waals surface area contributed by atoms with Gasteiger partial charge in [0.2, 0.25) is 0 Å². The molecule has 0 aliphatic heterocycles. The Morgan fingerprint density at radius 3 is 2.31 bits per heavy atom. The standard InChI is InChI=1S/C12H14N2O2/c1-8(15)12(9(2)16)7-14-11-5-3-10(13)4-6-11/h3-7,15H,13H2,1-2H3. The van der Waals surface area contributed by atoms with Crippen molar-refractivity contribution in [1.82, 2.24) is 0 Å². The summed E-state index contributed by atoms with van der Waals surface area (Å²) in [7, 11) is 0. The lowest BCUT2D eigenvalue weighted by Gasteiger charge is -1.98. The van der Waals surface area contributed by atoms with Crippen molar-refractivity contribution in [2.75, 3.05) is 5.73 Å². The van der Waals surface area contributed by atoms with Crippen molar-refractivity contribution in [3.63, 3.8) is 0 Å². The molecule has 0 aromatic heterocycles. The fourth-order valence-electron chi connectivity index (χ4n) is 1.14. The Hall–Kier alpha value is -2.10. The van der Waals surface area contributed by atoms with Crippen LogP contribution in [0, 0.1) is 0 Å². The van der Waals surface area contributed by atoms with E-state index in [0.717, 1.165) is 0 Å². The minimum absolute atomic E-state index is 0.0355. The summed E-state index contributed by atoms with van der Waals surface area (Å²) in [6.45, 7) is 2.83. The molecule has 4 heteroatoms. The summed E-state index contributed by atoms with van der Waals surface area (Å²) in [6, 6.07) is 6.90. The molecule has 16 heavy (non-hydrogen) atoms. The van der Waals surface area contributed by atoms with Crippen LogP contribution in [0.5, 0.6) is 0 Å². The van der Waals surface area contributed by atoms with Gasteiger partial charge in [0.25, 0.3) is 0 Å². The van der Waals surface area contributed by atoms with Gasteiger partial charge in [-0.3, -0.25) is 9.79 Å². The number of nitrogens with two attached hydrogens (primary N) is 1. The summed E-state index contributed by atoms with van der Waals surface area (Å²) < 4.78 is 0. The molecule has 0 fully saturated rings. The molecular formula is C12H14N2O2. The first-order valence-electron chi connectivity index (χ1n) is 4.81. The Morgan fingerprint density at radius 2 is 1.88 bits per heavy atom. The normalized spacial score (nSPS) is 12.6. The number of aliphatic imine (C=N–C) groups is 1. The van der Waals surface area contributed by atoms with Gasteiger partial charge in [0.15, 0.2) is 5.78 Å². The molecule has 1 aromatic rings. The van der Waals surface area contributed by atoms with Crippen LogP contribution in [0.4, 0.5) is 11.4 Å². The van der Waals surface area contributed by atoms with Gasteiger partial charge in [0.1, 0.15) is 5.76 Å². The maximum absolute atomic E-state index is 11.1. The number of aliphatic hydroxyl groups is 1. The molecule has 0 saturated heterocycles. The van der Waals surface area contributed by atoms with Gasteiger partial charge in [-0.15, -0.1) is 0 Å². The van der Waals surface area contributed by atoms with Gasteiger partial charge in [0.05, 0.1) is 11.3 Å². The van der Waals surface area contributed by atoms with Crippen molar-refractivity contribution < 1.29 is 9.90 Å². The van der Waals surface area contributed by atoms with Gasteiger partial charge >= 0.3 is 0 Å². The average Bonchev–Trinajstić information content (AvgIpc) is 2.20. The van der Waals surface area contributed by atoms with Gasteiger partial charge < -0.3 is 10.8 Å². The summed E-state index contributed by atoms with van der Waals surface area (Å²) in [6.07, 6.45) is 1.35. The number of benzene rings is 1. The summed E-state index contributed by atoms with van der Waals surface area (Å²) in [5.74, 6) is -0.258. The molecule has 1 rings (SSSR count). The lowest BCUT2D eigenvalue weighted by Crippen LogP contribution is -2.01. The van der Waals surface area contributed by atoms with E-state index in [1.165, 1.54) is 20.1 Å². The molecule has 0 atom stereocenters. The number of carbonyl (C=O) groups is 1. The van der Waals surface area contributed by atoms with E-state index in [0.29, 0.717) is 11.4 Å². The smallest absolute Gasteiger partial charge is 0.164 e. The number of nitrogens with zero attached hydrogens (tertiary/aromatic N) is 1. The molecule has 0 heterocycles. The van der Waals surface area contributed by atoms with Crippen LogP contribution in [0.25, 0.3) is 0 Å². The minimum Gasteiger partial charge on any atom is -0.512 e. The predicted octanol–water partition coefficient (Wildman–Crippen LogP) is 2.39. The zero-order chi connectivity index (χ0) is 12.1. The van der Waals surface area contributed by atoms with Gasteiger partial charge in [-0.25, -0.2) is 0 Å². The molecule has 0 radical (unpaired) electrons. The molecule has 0 saturated carbocycles. The Bertz CT molecular complexity index is 441. The zero-order valence-corrected chi connectivity index (χ0v) is 9.27. The lowest BCUT2D eigenvalue weighted by atomic mass is 10.2. The van der Waals surface area contributed by atoms with Crippen molar-refractivity contribution in [3.8, 4) is 0 Å². The monoisotopic (exact) mass is 218 g/mol. The van der Waals surface area contributed by atoms with Crippen LogP contribution in [0.1, 0.15) is 13.8 Å². The lowest BCUT2D eigenvalue weighted by molar-refractivity contribution is -0.113. The number of allylic oxidation sites excluding steroid dienone is 2. The third kappa shape index (κ3) is 3.24. The average molecular weight is 218 g/mol. The molecule has 1 aromatic carbocycles. The molecule has 84 valence electrons. The van der Waals surface area contributed by atoms with Crippen molar-refractivity contribution >= 4 is 23.4 Å². The summed E-state index contributed by atoms with van der Waals surface area (Å²) >= 11 is 0. The largest absolute Gasteiger partial charge is 0.512 e. The minimum atomic E-state index is -0.223. The number of rotatable bonds is 3. The number of carbonyl (C=O) groups excluding carboxylic acids is 1. The predicted molar refractivity (Wildman–Crippen MR) is 65.0 cm³/mol. The van der Waals surface area contributed by atoms with E-state index in [9.17, 15) is 9.90 Å². The quantitative estimate of drug-likeness (QED) is 0.354. The molecule has 0 bridgehead atoms. The third-order valence-electron chi connectivity index (χ3n) is 2.00. The van der Waals surface area contributed by atoms with Crippen LogP contribution in [-0.2, 0) is 4.79 Å². The van der Waals surface area contributed by atoms with Crippen LogP contribution in [0.15, 0.2) is 40.6 Å². The summed E-state index contributed by atoms with van der Waals surface area (Å²) in [5.41, 5.74) is 7.06. The summed E-state index contributed by atoms with van der Waals surface area (Å²) in [4.78, 5) is 15.2. The number of anilines is 1. The molecule has 0 spiro atoms. The summed E-state index contributed by atoms with van der Waals surface area (Å²) in [5, 5.41) is 9.25. The molecule has 0 aliphatic carbocycles. The fourth-order valence-corrected chi connectivity index (χ4v) is 1.14. The van der Waals surface area contributed by atoms with Crippen LogP contribution >= 0.6 is 0 Å². The molecule has 0 aliphatic rings. The van der Waals surface area contributed by atoms with Crippen molar-refractivity contribution in [2.24, 2.45) is 4.99 Å². The topological polar surface area (TPSA) is 75.7 Å². The van der Waals surface area contributed by atoms with Gasteiger partial charge in [-0.05, 0) is 38.1 Å². The number of ketones is 1. The Kier molecular flexibility index (Phi) is 3.83. The highest BCUT2D eigenvalue weighted by Crippen LogP contribution is 2.14. The van der Waals surface area contributed by atoms with E-state index in [2.05, 4.69) is 4.99 Å². The van der Waals surface area contributed by atoms with Crippen LogP contribution in [-0.4, -0.2) is 17.1 Å². The number of hydrogen-bond acceptors (Lipinski definition) is 4. The van der Waals surface area contributed by atoms with Crippen molar-refractivity contribution in [3.05, 3.63) is 35.6 Å². The Morgan fingerprint density at radius 1 is 1.31 bits per heavy atom. The second-order valence-electron chi connectivity index (χ2n) is 3.41. The van der Waals surface area contributed by atoms with E-state index in [1.54, 1.807) is 24.3 Å². The van der Waals surface area contributed by atoms with E-state index in [-0.39, 0.29) is 17.1 Å². The highest BCUT2D eigenvalue weighted by molar-refractivity contribution is 6.12. The number of aliphatic hydroxyl groups excluding tert-OH is 1. The van der Waals surface area contributed by atoms with E-state index in [4.69, 9.17) is 5.73 Å². The van der Waals surface area contributed by atoms with Gasteiger partial charge in [-0.2, -0.15) is 0 Å². The van der Waals surface area contributed by atoms with Crippen LogP contribution in [0.2, 0.25) is 0 Å². The molecule has 3 N–H and O–H groups in total. The van der Waals surface area contributed by atoms with Crippen molar-refractivity contribution in [2.45, 2.75) is 13.8 Å². The molecule has 0 unspecified atom stereocenters. The zero-order valence-electron chi connectivity index (χ0n) is 9.27. The molecule has 4 nitrogen and oxygen atoms in total. The van der Waals surface area contributed by atoms with Gasteiger partial charge in [-0.1, -0.05) is 0 Å². The maximum atomic E-state index is 11.1. The molecular weight excluding hydrogens is 204 g/mol. The van der Waals surface area contributed by atoms with E-state index < -0.39 is 0 Å². The first-order chi connectivity index (χ1) is 7.50. The fraction of sp³-hybridized carbons (Fsp3) is 0.167. The highest BCUT2D eigenvalue weighted by atomic mass is 16.3. The van der Waals surface area contributed by atoms with E-state index in [1.807, 2.05) is 0 Å². The first-order valence-corrected chi connectivity index (χ1v) is 4.81. The third-order valence-corrected chi connectivity index (χ3v) is 2.00. The van der Waals surface area contributed by atoms with Crippen LogP contribution < -0.4 is 5.73 Å². The Balaban J connectivity index is 2.92. The second-order valence-corrected chi connectivity index (χ2v) is 3.41. The Labute approximate surface area is 94.1 Å². The maximum Gasteiger partial charge on any atom is 0.164 e. The first kappa shape index (κ1) is 12.0. The number of hydrogen-bond donors (Lipinski definition) is 2. The van der Waals surface area contributed by atoms with Crippen molar-refractivity contribution in [1.29, 1.82) is 0 Å². The van der Waals surface area contributed by atoms with E-state index >= 15 is 0 Å². The molecule has 0 amide bonds. The van der Waals surface area contributed by atoms with Crippen LogP contribution in [0.3, 0.4) is 0 Å². The number of nitrogen functional groups attached to an aromatic ring is 1. The number of Topliss-reactive ketones (excluding diaryl/α,β-unsaturated/α-hetero) is 1. The van der Waals surface area contributed by atoms with Gasteiger partial charge in [0, 0.05) is 11.9 Å². The highest BCUT2D eigenvalue weighted by Gasteiger charge is 2.04. The second kappa shape index (κ2) is 5.11.